The van der Waals surface area contributed by atoms with Gasteiger partial charge in [0.05, 0.1) is 6.10 Å². The minimum absolute atomic E-state index is 0.384. The molecule has 0 radical (unpaired) electrons. The minimum atomic E-state index is 0.384. The Labute approximate surface area is 151 Å². The average molecular weight is 333 g/mol. The first-order valence-electron chi connectivity index (χ1n) is 9.17. The summed E-state index contributed by atoms with van der Waals surface area (Å²) in [6.07, 6.45) is 11.7. The van der Waals surface area contributed by atoms with E-state index in [0.717, 1.165) is 26.2 Å². The summed E-state index contributed by atoms with van der Waals surface area (Å²) in [5, 5.41) is 0. The highest BCUT2D eigenvalue weighted by Crippen LogP contribution is 2.14. The highest BCUT2D eigenvalue weighted by atomic mass is 16.5. The Morgan fingerprint density at radius 2 is 1.40 bits per heavy atom. The third-order valence-corrected chi connectivity index (χ3v) is 4.43. The van der Waals surface area contributed by atoms with Gasteiger partial charge in [-0.2, -0.15) is 0 Å². The van der Waals surface area contributed by atoms with Crippen molar-refractivity contribution in [3.63, 3.8) is 0 Å². The van der Waals surface area contributed by atoms with Gasteiger partial charge in [0.15, 0.2) is 0 Å². The van der Waals surface area contributed by atoms with Crippen LogP contribution in [0.15, 0.2) is 72.8 Å². The molecule has 1 fully saturated rings. The molecule has 2 nitrogen and oxygen atoms in total. The summed E-state index contributed by atoms with van der Waals surface area (Å²) < 4.78 is 5.82. The van der Waals surface area contributed by atoms with Crippen LogP contribution in [0.5, 0.6) is 0 Å². The van der Waals surface area contributed by atoms with Gasteiger partial charge in [0, 0.05) is 26.2 Å². The van der Waals surface area contributed by atoms with Crippen LogP contribution in [0.1, 0.15) is 24.0 Å². The van der Waals surface area contributed by atoms with Crippen LogP contribution in [0.25, 0.3) is 12.2 Å². The van der Waals surface area contributed by atoms with E-state index in [2.05, 4.69) is 89.9 Å². The average Bonchev–Trinajstić information content (AvgIpc) is 3.16. The highest BCUT2D eigenvalue weighted by molar-refractivity contribution is 5.49. The predicted molar refractivity (Wildman–Crippen MR) is 106 cm³/mol. The second-order valence-electron chi connectivity index (χ2n) is 6.48. The van der Waals surface area contributed by atoms with Crippen molar-refractivity contribution < 1.29 is 4.74 Å². The Morgan fingerprint density at radius 3 is 1.88 bits per heavy atom. The van der Waals surface area contributed by atoms with E-state index < -0.39 is 0 Å². The number of hydrogen-bond donors (Lipinski definition) is 0. The van der Waals surface area contributed by atoms with Gasteiger partial charge in [-0.15, -0.1) is 0 Å². The molecule has 0 aromatic heterocycles. The van der Waals surface area contributed by atoms with Gasteiger partial charge in [0.2, 0.25) is 0 Å². The topological polar surface area (TPSA) is 12.5 Å². The van der Waals surface area contributed by atoms with Crippen LogP contribution in [0.2, 0.25) is 0 Å². The van der Waals surface area contributed by atoms with Crippen LogP contribution in [-0.2, 0) is 4.74 Å². The van der Waals surface area contributed by atoms with Gasteiger partial charge in [-0.05, 0) is 24.0 Å². The Bertz CT molecular complexity index is 606. The molecular formula is C23H27NO. The van der Waals surface area contributed by atoms with Crippen LogP contribution in [0.3, 0.4) is 0 Å². The summed E-state index contributed by atoms with van der Waals surface area (Å²) in [6.45, 7) is 3.79. The molecule has 0 bridgehead atoms. The normalized spacial score (nSPS) is 17.9. The van der Waals surface area contributed by atoms with Crippen LogP contribution >= 0.6 is 0 Å². The van der Waals surface area contributed by atoms with E-state index in [1.807, 2.05) is 0 Å². The molecule has 0 saturated carbocycles. The fraction of sp³-hybridized carbons (Fsp3) is 0.304. The molecule has 2 aromatic carbocycles. The lowest BCUT2D eigenvalue weighted by atomic mass is 10.2. The van der Waals surface area contributed by atoms with E-state index in [4.69, 9.17) is 4.74 Å². The van der Waals surface area contributed by atoms with E-state index in [0.29, 0.717) is 6.10 Å². The van der Waals surface area contributed by atoms with Crippen molar-refractivity contribution >= 4 is 12.2 Å². The summed E-state index contributed by atoms with van der Waals surface area (Å²) in [6, 6.07) is 20.9. The van der Waals surface area contributed by atoms with Crippen LogP contribution in [-0.4, -0.2) is 37.2 Å². The van der Waals surface area contributed by atoms with Gasteiger partial charge >= 0.3 is 0 Å². The molecule has 25 heavy (non-hydrogen) atoms. The number of ether oxygens (including phenoxy) is 1. The summed E-state index contributed by atoms with van der Waals surface area (Å²) >= 11 is 0. The van der Waals surface area contributed by atoms with E-state index in [-0.39, 0.29) is 0 Å². The monoisotopic (exact) mass is 333 g/mol. The molecule has 0 N–H and O–H groups in total. The molecule has 0 amide bonds. The lowest BCUT2D eigenvalue weighted by Crippen LogP contribution is -2.32. The fourth-order valence-electron chi connectivity index (χ4n) is 3.10. The molecule has 130 valence electrons. The number of rotatable bonds is 8. The predicted octanol–water partition coefficient (Wildman–Crippen LogP) is 4.89. The van der Waals surface area contributed by atoms with Crippen molar-refractivity contribution in [1.29, 1.82) is 0 Å². The Hall–Kier alpha value is -2.16. The van der Waals surface area contributed by atoms with E-state index in [1.165, 1.54) is 24.0 Å². The summed E-state index contributed by atoms with van der Waals surface area (Å²) in [4.78, 5) is 2.45. The molecule has 0 aliphatic carbocycles. The van der Waals surface area contributed by atoms with Crippen LogP contribution in [0.4, 0.5) is 0 Å². The highest BCUT2D eigenvalue weighted by Gasteiger charge is 2.17. The first kappa shape index (κ1) is 17.7. The zero-order valence-corrected chi connectivity index (χ0v) is 14.8. The van der Waals surface area contributed by atoms with Gasteiger partial charge in [-0.3, -0.25) is 4.90 Å². The minimum Gasteiger partial charge on any atom is -0.377 e. The lowest BCUT2D eigenvalue weighted by molar-refractivity contribution is 0.0804. The standard InChI is InChI=1S/C23H27NO/c1-3-10-21(11-4-1)14-7-17-24(20-23-16-9-19-25-23)18-8-15-22-12-5-2-6-13-22/h1-8,10-15,23H,9,16-20H2/b14-7+,15-8+. The molecule has 2 heteroatoms. The van der Waals surface area contributed by atoms with Gasteiger partial charge in [-0.25, -0.2) is 0 Å². The maximum Gasteiger partial charge on any atom is 0.0703 e. The second-order valence-corrected chi connectivity index (χ2v) is 6.48. The van der Waals surface area contributed by atoms with Crippen molar-refractivity contribution in [2.45, 2.75) is 18.9 Å². The smallest absolute Gasteiger partial charge is 0.0703 e. The van der Waals surface area contributed by atoms with E-state index in [1.54, 1.807) is 0 Å². The quantitative estimate of drug-likeness (QED) is 0.682. The molecule has 2 aromatic rings. The Balaban J connectivity index is 1.56. The van der Waals surface area contributed by atoms with Crippen molar-refractivity contribution in [3.8, 4) is 0 Å². The largest absolute Gasteiger partial charge is 0.377 e. The van der Waals surface area contributed by atoms with Gasteiger partial charge < -0.3 is 4.74 Å². The summed E-state index contributed by atoms with van der Waals surface area (Å²) in [5.41, 5.74) is 2.50. The van der Waals surface area contributed by atoms with Crippen molar-refractivity contribution in [2.75, 3.05) is 26.2 Å². The summed E-state index contributed by atoms with van der Waals surface area (Å²) in [5.74, 6) is 0. The van der Waals surface area contributed by atoms with Crippen LogP contribution < -0.4 is 0 Å². The fourth-order valence-corrected chi connectivity index (χ4v) is 3.10. The van der Waals surface area contributed by atoms with Gasteiger partial charge in [0.25, 0.3) is 0 Å². The molecule has 1 unspecified atom stereocenters. The zero-order valence-electron chi connectivity index (χ0n) is 14.8. The Morgan fingerprint density at radius 1 is 0.840 bits per heavy atom. The van der Waals surface area contributed by atoms with Crippen molar-refractivity contribution in [2.24, 2.45) is 0 Å². The summed E-state index contributed by atoms with van der Waals surface area (Å²) in [7, 11) is 0. The second kappa shape index (κ2) is 9.97. The first-order valence-corrected chi connectivity index (χ1v) is 9.17. The molecule has 1 aliphatic rings. The van der Waals surface area contributed by atoms with Crippen molar-refractivity contribution in [1.82, 2.24) is 4.90 Å². The molecule has 1 saturated heterocycles. The van der Waals surface area contributed by atoms with Gasteiger partial charge in [-0.1, -0.05) is 85.0 Å². The van der Waals surface area contributed by atoms with E-state index in [9.17, 15) is 0 Å². The maximum atomic E-state index is 5.82. The molecule has 1 heterocycles. The molecule has 1 atom stereocenters. The number of nitrogens with zero attached hydrogens (tertiary/aromatic N) is 1. The SMILES string of the molecule is C(=C\c1ccccc1)/CN(C/C=C/c1ccccc1)CC1CCCO1. The number of benzene rings is 2. The molecule has 1 aliphatic heterocycles. The van der Waals surface area contributed by atoms with Gasteiger partial charge in [0.1, 0.15) is 0 Å². The third kappa shape index (κ3) is 6.33. The lowest BCUT2D eigenvalue weighted by Gasteiger charge is -2.22. The van der Waals surface area contributed by atoms with E-state index >= 15 is 0 Å². The molecule has 3 rings (SSSR count). The maximum absolute atomic E-state index is 5.82. The molecular weight excluding hydrogens is 306 g/mol. The Kier molecular flexibility index (Phi) is 7.04. The van der Waals surface area contributed by atoms with Crippen LogP contribution in [0, 0.1) is 0 Å². The number of hydrogen-bond acceptors (Lipinski definition) is 2. The first-order chi connectivity index (χ1) is 12.4. The van der Waals surface area contributed by atoms with Crippen molar-refractivity contribution in [3.05, 3.63) is 83.9 Å². The third-order valence-electron chi connectivity index (χ3n) is 4.43. The zero-order chi connectivity index (χ0) is 17.2. The molecule has 0 spiro atoms.